The van der Waals surface area contributed by atoms with Crippen molar-refractivity contribution in [3.8, 4) is 0 Å². The van der Waals surface area contributed by atoms with Crippen LogP contribution in [-0.2, 0) is 28.8 Å². The molecule has 10 N–H and O–H groups in total. The van der Waals surface area contributed by atoms with Crippen LogP contribution in [0.5, 0.6) is 0 Å². The average Bonchev–Trinajstić information content (AvgIpc) is 2.64. The normalized spacial score (nSPS) is 14.6. The maximum atomic E-state index is 12.6. The first kappa shape index (κ1) is 27.7. The van der Waals surface area contributed by atoms with E-state index < -0.39 is 79.2 Å². The van der Waals surface area contributed by atoms with Gasteiger partial charge in [0.1, 0.15) is 24.2 Å². The minimum atomic E-state index is -1.63. The van der Waals surface area contributed by atoms with Crippen LogP contribution < -0.4 is 27.4 Å². The average molecular weight is 447 g/mol. The molecule has 0 saturated heterocycles. The van der Waals surface area contributed by atoms with E-state index >= 15 is 0 Å². The Morgan fingerprint density at radius 1 is 0.806 bits per heavy atom. The molecule has 14 heteroatoms. The smallest absolute Gasteiger partial charge is 0.326 e. The van der Waals surface area contributed by atoms with E-state index in [0.29, 0.717) is 0 Å². The molecule has 0 heterocycles. The highest BCUT2D eigenvalue weighted by molar-refractivity contribution is 5.96. The summed E-state index contributed by atoms with van der Waals surface area (Å²) in [6.45, 7) is 2.67. The second kappa shape index (κ2) is 13.1. The number of rotatable bonds is 14. The van der Waals surface area contributed by atoms with Crippen LogP contribution in [0, 0.1) is 5.92 Å². The standard InChI is InChI=1S/C17H29N5O9/c1-7(2)3-9(15(28)22-11(17(30)31)4-12(19)24)21-16(29)10(5-13(25)26)20-14(27)8(18)6-23/h7-11,23H,3-6,18H2,1-2H3,(H2,19,24)(H,20,27)(H,21,29)(H,22,28)(H,25,26)(H,30,31). The zero-order valence-electron chi connectivity index (χ0n) is 17.2. The van der Waals surface area contributed by atoms with E-state index in [2.05, 4.69) is 16.0 Å². The molecule has 0 aliphatic carbocycles. The number of carboxylic acid groups (broad SMARTS) is 2. The Morgan fingerprint density at radius 3 is 1.71 bits per heavy atom. The Balaban J connectivity index is 5.51. The molecule has 14 nitrogen and oxygen atoms in total. The quantitative estimate of drug-likeness (QED) is 0.129. The molecule has 4 unspecified atom stereocenters. The third-order valence-corrected chi connectivity index (χ3v) is 3.91. The number of primary amides is 1. The van der Waals surface area contributed by atoms with Gasteiger partial charge in [-0.25, -0.2) is 4.79 Å². The number of aliphatic hydroxyl groups excluding tert-OH is 1. The molecular weight excluding hydrogens is 418 g/mol. The first-order valence-electron chi connectivity index (χ1n) is 9.28. The number of carbonyl (C=O) groups is 6. The van der Waals surface area contributed by atoms with Crippen LogP contribution in [0.25, 0.3) is 0 Å². The summed E-state index contributed by atoms with van der Waals surface area (Å²) in [5, 5.41) is 33.5. The Bertz CT molecular complexity index is 697. The van der Waals surface area contributed by atoms with E-state index in [4.69, 9.17) is 26.8 Å². The Labute approximate surface area is 177 Å². The molecule has 0 aromatic heterocycles. The number of hydrogen-bond acceptors (Lipinski definition) is 8. The molecule has 0 fully saturated rings. The van der Waals surface area contributed by atoms with Gasteiger partial charge in [-0.3, -0.25) is 24.0 Å². The molecule has 176 valence electrons. The lowest BCUT2D eigenvalue weighted by Gasteiger charge is -2.25. The van der Waals surface area contributed by atoms with Gasteiger partial charge in [-0.1, -0.05) is 13.8 Å². The van der Waals surface area contributed by atoms with Gasteiger partial charge in [0.25, 0.3) is 0 Å². The third-order valence-electron chi connectivity index (χ3n) is 3.91. The number of carboxylic acids is 2. The number of aliphatic hydroxyl groups is 1. The SMILES string of the molecule is CC(C)CC(NC(=O)C(CC(=O)O)NC(=O)C(N)CO)C(=O)NC(CC(N)=O)C(=O)O. The Hall–Kier alpha value is -3.26. The molecular formula is C17H29N5O9. The van der Waals surface area contributed by atoms with Crippen LogP contribution in [0.2, 0.25) is 0 Å². The minimum Gasteiger partial charge on any atom is -0.481 e. The summed E-state index contributed by atoms with van der Waals surface area (Å²) < 4.78 is 0. The fraction of sp³-hybridized carbons (Fsp3) is 0.647. The first-order chi connectivity index (χ1) is 14.3. The summed E-state index contributed by atoms with van der Waals surface area (Å²) in [5.74, 6) is -7.05. The van der Waals surface area contributed by atoms with Crippen LogP contribution >= 0.6 is 0 Å². The van der Waals surface area contributed by atoms with Gasteiger partial charge < -0.3 is 42.7 Å². The lowest BCUT2D eigenvalue weighted by molar-refractivity contribution is -0.144. The fourth-order valence-electron chi connectivity index (χ4n) is 2.39. The summed E-state index contributed by atoms with van der Waals surface area (Å²) in [7, 11) is 0. The predicted octanol–water partition coefficient (Wildman–Crippen LogP) is -3.76. The van der Waals surface area contributed by atoms with Crippen molar-refractivity contribution in [2.24, 2.45) is 17.4 Å². The van der Waals surface area contributed by atoms with Crippen molar-refractivity contribution in [1.82, 2.24) is 16.0 Å². The lowest BCUT2D eigenvalue weighted by Crippen LogP contribution is -2.58. The molecule has 0 rings (SSSR count). The number of carbonyl (C=O) groups excluding carboxylic acids is 4. The second-order valence-corrected chi connectivity index (χ2v) is 7.21. The van der Waals surface area contributed by atoms with Crippen LogP contribution in [-0.4, -0.2) is 81.7 Å². The van der Waals surface area contributed by atoms with Crippen molar-refractivity contribution >= 4 is 35.6 Å². The molecule has 0 bridgehead atoms. The highest BCUT2D eigenvalue weighted by Crippen LogP contribution is 2.07. The molecule has 31 heavy (non-hydrogen) atoms. The maximum absolute atomic E-state index is 12.6. The van der Waals surface area contributed by atoms with Crippen molar-refractivity contribution in [3.05, 3.63) is 0 Å². The minimum absolute atomic E-state index is 0.0321. The van der Waals surface area contributed by atoms with Gasteiger partial charge >= 0.3 is 11.9 Å². The van der Waals surface area contributed by atoms with Crippen LogP contribution in [0.1, 0.15) is 33.1 Å². The number of amides is 4. The molecule has 0 aliphatic heterocycles. The predicted molar refractivity (Wildman–Crippen MR) is 104 cm³/mol. The summed E-state index contributed by atoms with van der Waals surface area (Å²) >= 11 is 0. The molecule has 0 saturated carbocycles. The molecule has 0 aliphatic rings. The number of nitrogens with two attached hydrogens (primary N) is 2. The molecule has 0 radical (unpaired) electrons. The summed E-state index contributed by atoms with van der Waals surface area (Å²) in [4.78, 5) is 70.2. The van der Waals surface area contributed by atoms with Crippen LogP contribution in [0.4, 0.5) is 0 Å². The van der Waals surface area contributed by atoms with E-state index in [1.807, 2.05) is 0 Å². The number of nitrogens with one attached hydrogen (secondary N) is 3. The monoisotopic (exact) mass is 447 g/mol. The molecule has 4 atom stereocenters. The maximum Gasteiger partial charge on any atom is 0.326 e. The molecule has 0 aromatic carbocycles. The topological polar surface area (TPSA) is 251 Å². The molecule has 4 amide bonds. The summed E-state index contributed by atoms with van der Waals surface area (Å²) in [6, 6.07) is -5.95. The van der Waals surface area contributed by atoms with E-state index in [9.17, 15) is 28.8 Å². The zero-order valence-corrected chi connectivity index (χ0v) is 17.2. The third kappa shape index (κ3) is 10.9. The van der Waals surface area contributed by atoms with Gasteiger partial charge in [0.2, 0.25) is 23.6 Å². The Kier molecular flexibility index (Phi) is 11.7. The van der Waals surface area contributed by atoms with Crippen LogP contribution in [0.3, 0.4) is 0 Å². The van der Waals surface area contributed by atoms with Crippen molar-refractivity contribution in [1.29, 1.82) is 0 Å². The van der Waals surface area contributed by atoms with Crippen molar-refractivity contribution in [3.63, 3.8) is 0 Å². The van der Waals surface area contributed by atoms with E-state index in [0.717, 1.165) is 0 Å². The van der Waals surface area contributed by atoms with Crippen molar-refractivity contribution in [2.45, 2.75) is 57.3 Å². The van der Waals surface area contributed by atoms with Gasteiger partial charge in [-0.15, -0.1) is 0 Å². The fourth-order valence-corrected chi connectivity index (χ4v) is 2.39. The van der Waals surface area contributed by atoms with Crippen LogP contribution in [0.15, 0.2) is 0 Å². The number of hydrogen-bond donors (Lipinski definition) is 8. The zero-order chi connectivity index (χ0) is 24.3. The van der Waals surface area contributed by atoms with Gasteiger partial charge in [-0.2, -0.15) is 0 Å². The van der Waals surface area contributed by atoms with Gasteiger partial charge in [0.15, 0.2) is 0 Å². The number of aliphatic carboxylic acids is 2. The van der Waals surface area contributed by atoms with Gasteiger partial charge in [0, 0.05) is 0 Å². The van der Waals surface area contributed by atoms with E-state index in [1.54, 1.807) is 13.8 Å². The Morgan fingerprint density at radius 2 is 1.29 bits per heavy atom. The summed E-state index contributed by atoms with van der Waals surface area (Å²) in [5.41, 5.74) is 10.3. The lowest BCUT2D eigenvalue weighted by atomic mass is 10.0. The van der Waals surface area contributed by atoms with Crippen molar-refractivity contribution in [2.75, 3.05) is 6.61 Å². The highest BCUT2D eigenvalue weighted by atomic mass is 16.4. The van der Waals surface area contributed by atoms with E-state index in [-0.39, 0.29) is 12.3 Å². The van der Waals surface area contributed by atoms with Gasteiger partial charge in [-0.05, 0) is 12.3 Å². The van der Waals surface area contributed by atoms with Gasteiger partial charge in [0.05, 0.1) is 19.4 Å². The second-order valence-electron chi connectivity index (χ2n) is 7.21. The van der Waals surface area contributed by atoms with Crippen molar-refractivity contribution < 1.29 is 44.1 Å². The van der Waals surface area contributed by atoms with E-state index in [1.165, 1.54) is 0 Å². The largest absolute Gasteiger partial charge is 0.481 e. The molecule has 0 aromatic rings. The molecule has 0 spiro atoms. The highest BCUT2D eigenvalue weighted by Gasteiger charge is 2.32. The first-order valence-corrected chi connectivity index (χ1v) is 9.28. The summed E-state index contributed by atoms with van der Waals surface area (Å²) in [6.07, 6.45) is -1.49.